The van der Waals surface area contributed by atoms with Gasteiger partial charge in [-0.25, -0.2) is 0 Å². The van der Waals surface area contributed by atoms with Gasteiger partial charge in [0, 0.05) is 13.0 Å². The van der Waals surface area contributed by atoms with Crippen LogP contribution in [0.15, 0.2) is 35.3 Å². The van der Waals surface area contributed by atoms with Crippen molar-refractivity contribution in [2.24, 2.45) is 10.7 Å². The van der Waals surface area contributed by atoms with Gasteiger partial charge >= 0.3 is 5.97 Å². The first kappa shape index (κ1) is 15.0. The summed E-state index contributed by atoms with van der Waals surface area (Å²) in [5, 5.41) is 0. The molecule has 0 unspecified atom stereocenters. The van der Waals surface area contributed by atoms with Crippen molar-refractivity contribution in [1.29, 1.82) is 0 Å². The van der Waals surface area contributed by atoms with Crippen molar-refractivity contribution in [3.05, 3.63) is 30.3 Å². The number of nitrogens with two attached hydrogens (primary N) is 1. The van der Waals surface area contributed by atoms with Crippen molar-refractivity contribution in [3.63, 3.8) is 0 Å². The first-order valence-electron chi connectivity index (χ1n) is 6.34. The van der Waals surface area contributed by atoms with Crippen LogP contribution in [-0.2, 0) is 9.53 Å². The smallest absolute Gasteiger partial charge is 0.313 e. The van der Waals surface area contributed by atoms with Gasteiger partial charge in [0.2, 0.25) is 0 Å². The maximum absolute atomic E-state index is 11.1. The molecule has 1 rings (SSSR count). The maximum Gasteiger partial charge on any atom is 0.313 e. The Morgan fingerprint density at radius 3 is 2.74 bits per heavy atom. The molecule has 0 aromatic heterocycles. The molecule has 1 aromatic carbocycles. The van der Waals surface area contributed by atoms with E-state index in [1.807, 2.05) is 30.3 Å². The maximum atomic E-state index is 11.1. The lowest BCUT2D eigenvalue weighted by Crippen LogP contribution is -2.19. The number of carbonyl (C=O) groups is 1. The van der Waals surface area contributed by atoms with Gasteiger partial charge in [0.05, 0.1) is 13.2 Å². The highest BCUT2D eigenvalue weighted by atomic mass is 16.5. The van der Waals surface area contributed by atoms with Gasteiger partial charge in [-0.05, 0) is 19.1 Å². The number of aliphatic imine (C=N–C) groups is 1. The summed E-state index contributed by atoms with van der Waals surface area (Å²) in [5.74, 6) is 0.799. The first-order valence-corrected chi connectivity index (χ1v) is 6.34. The number of rotatable bonds is 8. The monoisotopic (exact) mass is 264 g/mol. The lowest BCUT2D eigenvalue weighted by Gasteiger charge is -2.04. The van der Waals surface area contributed by atoms with E-state index in [2.05, 4.69) is 4.99 Å². The molecule has 0 aliphatic carbocycles. The zero-order valence-electron chi connectivity index (χ0n) is 11.2. The normalized spacial score (nSPS) is 11.1. The number of nitrogens with zero attached hydrogens (tertiary/aromatic N) is 1. The Balaban J connectivity index is 2.14. The molecule has 0 atom stereocenters. The number of esters is 1. The number of carbonyl (C=O) groups excluding carboxylic acids is 1. The molecular formula is C14H20N2O3. The van der Waals surface area contributed by atoms with Crippen molar-refractivity contribution in [1.82, 2.24) is 0 Å². The van der Waals surface area contributed by atoms with Crippen LogP contribution in [0.5, 0.6) is 5.75 Å². The second kappa shape index (κ2) is 8.97. The van der Waals surface area contributed by atoms with Crippen molar-refractivity contribution in [2.45, 2.75) is 19.8 Å². The Labute approximate surface area is 113 Å². The molecule has 5 heteroatoms. The van der Waals surface area contributed by atoms with Crippen LogP contribution in [0.3, 0.4) is 0 Å². The predicted molar refractivity (Wildman–Crippen MR) is 74.3 cm³/mol. The van der Waals surface area contributed by atoms with Crippen LogP contribution < -0.4 is 10.5 Å². The van der Waals surface area contributed by atoms with E-state index in [1.54, 1.807) is 6.92 Å². The third kappa shape index (κ3) is 7.08. The second-order valence-corrected chi connectivity index (χ2v) is 3.87. The Kier molecular flexibility index (Phi) is 7.09. The van der Waals surface area contributed by atoms with Gasteiger partial charge in [0.1, 0.15) is 18.0 Å². The minimum Gasteiger partial charge on any atom is -0.494 e. The Morgan fingerprint density at radius 2 is 2.05 bits per heavy atom. The summed E-state index contributed by atoms with van der Waals surface area (Å²) < 4.78 is 10.3. The number of hydrogen-bond acceptors (Lipinski definition) is 4. The molecule has 0 aliphatic rings. The fraction of sp³-hybridized carbons (Fsp3) is 0.429. The standard InChI is InChI=1S/C14H20N2O3/c1-2-18-14(17)11-13(15)16-9-6-10-19-12-7-4-3-5-8-12/h3-5,7-8H,2,6,9-11H2,1H3,(H2,15,16). The minimum atomic E-state index is -0.343. The highest BCUT2D eigenvalue weighted by Gasteiger charge is 2.03. The topological polar surface area (TPSA) is 73.9 Å². The zero-order valence-corrected chi connectivity index (χ0v) is 11.2. The summed E-state index contributed by atoms with van der Waals surface area (Å²) >= 11 is 0. The van der Waals surface area contributed by atoms with Gasteiger partial charge in [0.25, 0.3) is 0 Å². The number of ether oxygens (including phenoxy) is 2. The summed E-state index contributed by atoms with van der Waals surface area (Å²) in [6.07, 6.45) is 0.797. The Morgan fingerprint density at radius 1 is 1.32 bits per heavy atom. The fourth-order valence-corrected chi connectivity index (χ4v) is 1.41. The van der Waals surface area contributed by atoms with Crippen LogP contribution >= 0.6 is 0 Å². The zero-order chi connectivity index (χ0) is 13.9. The predicted octanol–water partition coefficient (Wildman–Crippen LogP) is 1.77. The van der Waals surface area contributed by atoms with Crippen LogP contribution in [0.1, 0.15) is 19.8 Å². The lowest BCUT2D eigenvalue weighted by atomic mass is 10.3. The molecule has 1 aromatic rings. The number of amidine groups is 1. The number of hydrogen-bond donors (Lipinski definition) is 1. The summed E-state index contributed by atoms with van der Waals surface area (Å²) in [6.45, 7) is 3.22. The van der Waals surface area contributed by atoms with E-state index < -0.39 is 0 Å². The van der Waals surface area contributed by atoms with Gasteiger partial charge in [-0.3, -0.25) is 9.79 Å². The van der Waals surface area contributed by atoms with E-state index in [4.69, 9.17) is 15.2 Å². The Bertz CT molecular complexity index is 404. The molecular weight excluding hydrogens is 244 g/mol. The lowest BCUT2D eigenvalue weighted by molar-refractivity contribution is -0.141. The van der Waals surface area contributed by atoms with Gasteiger partial charge in [-0.2, -0.15) is 0 Å². The average molecular weight is 264 g/mol. The van der Waals surface area contributed by atoms with Crippen LogP contribution in [0, 0.1) is 0 Å². The summed E-state index contributed by atoms with van der Waals surface area (Å²) in [6, 6.07) is 9.58. The van der Waals surface area contributed by atoms with E-state index >= 15 is 0 Å². The minimum absolute atomic E-state index is 0.0490. The van der Waals surface area contributed by atoms with E-state index in [1.165, 1.54) is 0 Å². The molecule has 0 saturated heterocycles. The van der Waals surface area contributed by atoms with Gasteiger partial charge in [-0.15, -0.1) is 0 Å². The third-order valence-corrected chi connectivity index (χ3v) is 2.26. The molecule has 2 N–H and O–H groups in total. The molecule has 104 valence electrons. The van der Waals surface area contributed by atoms with Gasteiger partial charge in [-0.1, -0.05) is 18.2 Å². The SMILES string of the molecule is CCOC(=O)CC(N)=NCCCOc1ccccc1. The van der Waals surface area contributed by atoms with Gasteiger partial charge in [0.15, 0.2) is 0 Å². The largest absolute Gasteiger partial charge is 0.494 e. The molecule has 0 spiro atoms. The van der Waals surface area contributed by atoms with Crippen LogP contribution in [0.4, 0.5) is 0 Å². The van der Waals surface area contributed by atoms with Crippen LogP contribution in [0.25, 0.3) is 0 Å². The fourth-order valence-electron chi connectivity index (χ4n) is 1.41. The molecule has 19 heavy (non-hydrogen) atoms. The molecule has 0 saturated carbocycles. The molecule has 5 nitrogen and oxygen atoms in total. The Hall–Kier alpha value is -2.04. The molecule has 0 aliphatic heterocycles. The van der Waals surface area contributed by atoms with Crippen molar-refractivity contribution < 1.29 is 14.3 Å². The number of para-hydroxylation sites is 1. The quantitative estimate of drug-likeness (QED) is 0.336. The van der Waals surface area contributed by atoms with E-state index in [9.17, 15) is 4.79 Å². The van der Waals surface area contributed by atoms with E-state index in [-0.39, 0.29) is 12.4 Å². The average Bonchev–Trinajstić information content (AvgIpc) is 2.39. The number of benzene rings is 1. The summed E-state index contributed by atoms with van der Waals surface area (Å²) in [7, 11) is 0. The third-order valence-electron chi connectivity index (χ3n) is 2.26. The second-order valence-electron chi connectivity index (χ2n) is 3.87. The van der Waals surface area contributed by atoms with E-state index in [0.717, 1.165) is 12.2 Å². The van der Waals surface area contributed by atoms with Crippen molar-refractivity contribution in [2.75, 3.05) is 19.8 Å². The molecule has 0 amide bonds. The highest BCUT2D eigenvalue weighted by molar-refractivity contribution is 5.96. The van der Waals surface area contributed by atoms with Crippen LogP contribution in [-0.4, -0.2) is 31.6 Å². The summed E-state index contributed by atoms with van der Waals surface area (Å²) in [4.78, 5) is 15.2. The summed E-state index contributed by atoms with van der Waals surface area (Å²) in [5.41, 5.74) is 5.61. The first-order chi connectivity index (χ1) is 9.22. The van der Waals surface area contributed by atoms with Crippen molar-refractivity contribution in [3.8, 4) is 5.75 Å². The van der Waals surface area contributed by atoms with Crippen molar-refractivity contribution >= 4 is 11.8 Å². The highest BCUT2D eigenvalue weighted by Crippen LogP contribution is 2.08. The van der Waals surface area contributed by atoms with E-state index in [0.29, 0.717) is 25.6 Å². The van der Waals surface area contributed by atoms with Crippen LogP contribution in [0.2, 0.25) is 0 Å². The molecule has 0 bridgehead atoms. The molecule has 0 fully saturated rings. The molecule has 0 radical (unpaired) electrons. The van der Waals surface area contributed by atoms with Gasteiger partial charge < -0.3 is 15.2 Å². The molecule has 0 heterocycles.